The van der Waals surface area contributed by atoms with Crippen LogP contribution in [-0.2, 0) is 16.0 Å². The lowest BCUT2D eigenvalue weighted by Crippen LogP contribution is -2.26. The van der Waals surface area contributed by atoms with Crippen molar-refractivity contribution >= 4 is 12.1 Å². The van der Waals surface area contributed by atoms with E-state index in [1.165, 1.54) is 0 Å². The maximum Gasteiger partial charge on any atom is 0.410 e. The highest BCUT2D eigenvalue weighted by atomic mass is 16.6. The van der Waals surface area contributed by atoms with Crippen molar-refractivity contribution in [1.29, 1.82) is 0 Å². The second kappa shape index (κ2) is 7.83. The average Bonchev–Trinajstić information content (AvgIpc) is 3.02. The molecule has 2 aromatic carbocycles. The van der Waals surface area contributed by atoms with Gasteiger partial charge >= 0.3 is 12.1 Å². The van der Waals surface area contributed by atoms with Crippen LogP contribution in [0.25, 0.3) is 0 Å². The van der Waals surface area contributed by atoms with Crippen molar-refractivity contribution in [2.45, 2.75) is 25.9 Å². The number of hydrogen-bond acceptors (Lipinski definition) is 4. The summed E-state index contributed by atoms with van der Waals surface area (Å²) in [6.07, 6.45) is 0.590. The minimum atomic E-state index is -0.276. The molecule has 0 saturated carbocycles. The van der Waals surface area contributed by atoms with E-state index in [9.17, 15) is 9.59 Å². The summed E-state index contributed by atoms with van der Waals surface area (Å²) in [5.74, 6) is 0.292. The van der Waals surface area contributed by atoms with Gasteiger partial charge in [0.2, 0.25) is 0 Å². The highest BCUT2D eigenvalue weighted by Crippen LogP contribution is 2.26. The monoisotopic (exact) mass is 339 g/mol. The third-order valence-electron chi connectivity index (χ3n) is 4.17. The van der Waals surface area contributed by atoms with Crippen LogP contribution in [0, 0.1) is 0 Å². The van der Waals surface area contributed by atoms with Gasteiger partial charge in [0.15, 0.2) is 0 Å². The Hall–Kier alpha value is -2.82. The zero-order chi connectivity index (χ0) is 17.6. The zero-order valence-electron chi connectivity index (χ0n) is 14.2. The number of ether oxygens (including phenoxy) is 2. The second-order valence-electron chi connectivity index (χ2n) is 5.95. The highest BCUT2D eigenvalue weighted by Gasteiger charge is 2.31. The SMILES string of the molecule is CCC(=O)Oc1ccc(CCN2CC(c3ccccc3)OC2=O)cc1. The van der Waals surface area contributed by atoms with Crippen molar-refractivity contribution in [2.75, 3.05) is 13.1 Å². The van der Waals surface area contributed by atoms with Crippen LogP contribution in [0.3, 0.4) is 0 Å². The van der Waals surface area contributed by atoms with E-state index in [2.05, 4.69) is 0 Å². The molecule has 1 saturated heterocycles. The molecule has 3 rings (SSSR count). The molecule has 5 nitrogen and oxygen atoms in total. The first-order chi connectivity index (χ1) is 12.2. The van der Waals surface area contributed by atoms with Gasteiger partial charge in [0.25, 0.3) is 0 Å². The molecule has 130 valence electrons. The molecule has 0 radical (unpaired) electrons. The molecule has 0 N–H and O–H groups in total. The number of esters is 1. The average molecular weight is 339 g/mol. The van der Waals surface area contributed by atoms with Gasteiger partial charge in [-0.25, -0.2) is 4.79 Å². The van der Waals surface area contributed by atoms with Crippen molar-refractivity contribution in [3.8, 4) is 5.75 Å². The first-order valence-electron chi connectivity index (χ1n) is 8.46. The van der Waals surface area contributed by atoms with Gasteiger partial charge in [0, 0.05) is 13.0 Å². The van der Waals surface area contributed by atoms with Gasteiger partial charge in [0.1, 0.15) is 11.9 Å². The summed E-state index contributed by atoms with van der Waals surface area (Å²) >= 11 is 0. The van der Waals surface area contributed by atoms with Gasteiger partial charge in [-0.15, -0.1) is 0 Å². The predicted molar refractivity (Wildman–Crippen MR) is 93.3 cm³/mol. The van der Waals surface area contributed by atoms with Crippen LogP contribution in [0.2, 0.25) is 0 Å². The highest BCUT2D eigenvalue weighted by molar-refractivity contribution is 5.72. The topological polar surface area (TPSA) is 55.8 Å². The largest absolute Gasteiger partial charge is 0.439 e. The Morgan fingerprint density at radius 2 is 1.88 bits per heavy atom. The first kappa shape index (κ1) is 17.0. The fourth-order valence-corrected chi connectivity index (χ4v) is 2.72. The number of amides is 1. The van der Waals surface area contributed by atoms with Gasteiger partial charge in [-0.2, -0.15) is 0 Å². The summed E-state index contributed by atoms with van der Waals surface area (Å²) in [6, 6.07) is 17.1. The molecule has 1 atom stereocenters. The minimum absolute atomic E-state index is 0.204. The standard InChI is InChI=1S/C20H21NO4/c1-2-19(22)24-17-10-8-15(9-11-17)12-13-21-14-18(25-20(21)23)16-6-4-3-5-7-16/h3-11,18H,2,12-14H2,1H3. The van der Waals surface area contributed by atoms with Crippen LogP contribution in [0.1, 0.15) is 30.6 Å². The van der Waals surface area contributed by atoms with E-state index in [1.807, 2.05) is 42.5 Å². The summed E-state index contributed by atoms with van der Waals surface area (Å²) < 4.78 is 10.6. The molecule has 1 unspecified atom stereocenters. The molecule has 1 heterocycles. The lowest BCUT2D eigenvalue weighted by Gasteiger charge is -2.13. The molecule has 1 fully saturated rings. The van der Waals surface area contributed by atoms with Gasteiger partial charge in [-0.1, -0.05) is 49.4 Å². The minimum Gasteiger partial charge on any atom is -0.439 e. The van der Waals surface area contributed by atoms with E-state index in [1.54, 1.807) is 24.0 Å². The number of nitrogens with zero attached hydrogens (tertiary/aromatic N) is 1. The molecule has 1 aliphatic heterocycles. The van der Waals surface area contributed by atoms with Crippen molar-refractivity contribution in [3.63, 3.8) is 0 Å². The molecule has 0 spiro atoms. The molecule has 0 aliphatic carbocycles. The third kappa shape index (κ3) is 4.38. The van der Waals surface area contributed by atoms with Crippen LogP contribution in [0.15, 0.2) is 54.6 Å². The number of carbonyl (C=O) groups is 2. The summed E-state index contributed by atoms with van der Waals surface area (Å²) in [7, 11) is 0. The smallest absolute Gasteiger partial charge is 0.410 e. The van der Waals surface area contributed by atoms with Crippen LogP contribution < -0.4 is 4.74 Å². The van der Waals surface area contributed by atoms with Gasteiger partial charge in [0.05, 0.1) is 6.54 Å². The van der Waals surface area contributed by atoms with Crippen LogP contribution in [-0.4, -0.2) is 30.1 Å². The molecule has 2 aromatic rings. The van der Waals surface area contributed by atoms with Gasteiger partial charge in [-0.3, -0.25) is 4.79 Å². The van der Waals surface area contributed by atoms with Crippen molar-refractivity contribution in [1.82, 2.24) is 4.90 Å². The molecule has 1 aliphatic rings. The summed E-state index contributed by atoms with van der Waals surface area (Å²) in [5, 5.41) is 0. The summed E-state index contributed by atoms with van der Waals surface area (Å²) in [5.41, 5.74) is 2.09. The Balaban J connectivity index is 1.53. The summed E-state index contributed by atoms with van der Waals surface area (Å²) in [6.45, 7) is 2.92. The van der Waals surface area contributed by atoms with E-state index in [4.69, 9.17) is 9.47 Å². The third-order valence-corrected chi connectivity index (χ3v) is 4.17. The molecular formula is C20H21NO4. The van der Waals surface area contributed by atoms with Gasteiger partial charge in [-0.05, 0) is 29.7 Å². The summed E-state index contributed by atoms with van der Waals surface area (Å²) in [4.78, 5) is 25.0. The lowest BCUT2D eigenvalue weighted by molar-refractivity contribution is -0.134. The second-order valence-corrected chi connectivity index (χ2v) is 5.95. The molecular weight excluding hydrogens is 318 g/mol. The number of carbonyl (C=O) groups excluding carboxylic acids is 2. The Bertz CT molecular complexity index is 727. The maximum absolute atomic E-state index is 12.0. The molecule has 0 aromatic heterocycles. The quantitative estimate of drug-likeness (QED) is 0.594. The van der Waals surface area contributed by atoms with Crippen molar-refractivity contribution in [3.05, 3.63) is 65.7 Å². The van der Waals surface area contributed by atoms with Crippen molar-refractivity contribution in [2.24, 2.45) is 0 Å². The Morgan fingerprint density at radius 3 is 2.56 bits per heavy atom. The van der Waals surface area contributed by atoms with Crippen LogP contribution in [0.4, 0.5) is 4.79 Å². The fourth-order valence-electron chi connectivity index (χ4n) is 2.72. The first-order valence-corrected chi connectivity index (χ1v) is 8.46. The van der Waals surface area contributed by atoms with Gasteiger partial charge < -0.3 is 14.4 Å². The van der Waals surface area contributed by atoms with E-state index >= 15 is 0 Å². The van der Waals surface area contributed by atoms with E-state index < -0.39 is 0 Å². The molecule has 0 bridgehead atoms. The lowest BCUT2D eigenvalue weighted by atomic mass is 10.1. The van der Waals surface area contributed by atoms with E-state index in [0.717, 1.165) is 17.5 Å². The van der Waals surface area contributed by atoms with Crippen molar-refractivity contribution < 1.29 is 19.1 Å². The van der Waals surface area contributed by atoms with Crippen LogP contribution in [0.5, 0.6) is 5.75 Å². The Kier molecular flexibility index (Phi) is 5.33. The number of cyclic esters (lactones) is 1. The zero-order valence-corrected chi connectivity index (χ0v) is 14.2. The number of benzene rings is 2. The number of hydrogen-bond donors (Lipinski definition) is 0. The Morgan fingerprint density at radius 1 is 1.16 bits per heavy atom. The molecule has 25 heavy (non-hydrogen) atoms. The normalized spacial score (nSPS) is 16.6. The Labute approximate surface area is 147 Å². The number of rotatable bonds is 6. The molecule has 1 amide bonds. The predicted octanol–water partition coefficient (Wildman–Crippen LogP) is 3.74. The molecule has 5 heteroatoms. The maximum atomic E-state index is 12.0. The van der Waals surface area contributed by atoms with Crippen LogP contribution >= 0.6 is 0 Å². The van der Waals surface area contributed by atoms with E-state index in [0.29, 0.717) is 25.3 Å². The fraction of sp³-hybridized carbons (Fsp3) is 0.300. The van der Waals surface area contributed by atoms with E-state index in [-0.39, 0.29) is 18.2 Å².